The van der Waals surface area contributed by atoms with E-state index in [9.17, 15) is 9.59 Å². The predicted octanol–water partition coefficient (Wildman–Crippen LogP) is 3.94. The molecule has 2 aromatic rings. The Hall–Kier alpha value is -3.12. The quantitative estimate of drug-likeness (QED) is 0.631. The Labute approximate surface area is 172 Å². The third kappa shape index (κ3) is 7.08. The predicted molar refractivity (Wildman–Crippen MR) is 118 cm³/mol. The summed E-state index contributed by atoms with van der Waals surface area (Å²) < 4.78 is 5.18. The molecular weight excluding hydrogens is 366 g/mol. The molecule has 2 amide bonds. The molecule has 2 aromatic carbocycles. The van der Waals surface area contributed by atoms with E-state index in [2.05, 4.69) is 10.6 Å². The summed E-state index contributed by atoms with van der Waals surface area (Å²) in [7, 11) is 1.60. The highest BCUT2D eigenvalue weighted by molar-refractivity contribution is 6.02. The van der Waals surface area contributed by atoms with Crippen molar-refractivity contribution in [3.8, 4) is 5.75 Å². The summed E-state index contributed by atoms with van der Waals surface area (Å²) >= 11 is 0. The normalized spacial score (nSPS) is 10.9. The number of ether oxygens (including phenoxy) is 1. The number of aryl methyl sites for hydroxylation is 1. The molecule has 0 bridgehead atoms. The number of anilines is 2. The number of methoxy groups -OCH3 is 1. The van der Waals surface area contributed by atoms with Crippen LogP contribution in [0.5, 0.6) is 5.75 Å². The Morgan fingerprint density at radius 2 is 1.83 bits per heavy atom. The minimum absolute atomic E-state index is 0.0465. The van der Waals surface area contributed by atoms with Crippen LogP contribution in [0.25, 0.3) is 6.08 Å². The average Bonchev–Trinajstić information content (AvgIpc) is 2.72. The van der Waals surface area contributed by atoms with Gasteiger partial charge in [-0.1, -0.05) is 26.0 Å². The minimum Gasteiger partial charge on any atom is -0.497 e. The lowest BCUT2D eigenvalue weighted by molar-refractivity contribution is -0.117. The highest BCUT2D eigenvalue weighted by atomic mass is 16.5. The number of benzene rings is 2. The number of carbonyl (C=O) groups is 2. The van der Waals surface area contributed by atoms with Crippen LogP contribution in [0.3, 0.4) is 0 Å². The van der Waals surface area contributed by atoms with E-state index in [4.69, 9.17) is 4.74 Å². The number of carbonyl (C=O) groups excluding carboxylic acids is 2. The number of amides is 2. The molecule has 6 nitrogen and oxygen atoms in total. The van der Waals surface area contributed by atoms with Crippen LogP contribution in [0.15, 0.2) is 48.5 Å². The van der Waals surface area contributed by atoms with Crippen LogP contribution in [0.1, 0.15) is 25.0 Å². The maximum absolute atomic E-state index is 12.2. The lowest BCUT2D eigenvalue weighted by Gasteiger charge is -2.18. The molecule has 2 rings (SSSR count). The van der Waals surface area contributed by atoms with Gasteiger partial charge in [0.25, 0.3) is 0 Å². The van der Waals surface area contributed by atoms with E-state index < -0.39 is 0 Å². The van der Waals surface area contributed by atoms with Crippen molar-refractivity contribution in [3.63, 3.8) is 0 Å². The Balaban J connectivity index is 1.96. The molecule has 0 radical (unpaired) electrons. The van der Waals surface area contributed by atoms with Crippen LogP contribution < -0.4 is 15.4 Å². The van der Waals surface area contributed by atoms with Gasteiger partial charge in [-0.3, -0.25) is 14.5 Å². The Kier molecular flexibility index (Phi) is 8.43. The molecule has 0 aliphatic carbocycles. The second kappa shape index (κ2) is 11.0. The molecule has 0 fully saturated rings. The van der Waals surface area contributed by atoms with Crippen molar-refractivity contribution in [1.82, 2.24) is 4.90 Å². The maximum atomic E-state index is 12.2. The number of hydrogen-bond donors (Lipinski definition) is 2. The summed E-state index contributed by atoms with van der Waals surface area (Å²) in [5.41, 5.74) is 3.17. The van der Waals surface area contributed by atoms with Crippen molar-refractivity contribution >= 4 is 29.3 Å². The molecule has 2 N–H and O–H groups in total. The van der Waals surface area contributed by atoms with Crippen molar-refractivity contribution in [2.24, 2.45) is 0 Å². The van der Waals surface area contributed by atoms with Crippen molar-refractivity contribution in [2.75, 3.05) is 37.4 Å². The summed E-state index contributed by atoms with van der Waals surface area (Å²) in [5.74, 6) is 0.460. The maximum Gasteiger partial charge on any atom is 0.248 e. The molecule has 0 spiro atoms. The lowest BCUT2D eigenvalue weighted by atomic mass is 10.1. The smallest absolute Gasteiger partial charge is 0.248 e. The molecule has 0 saturated carbocycles. The van der Waals surface area contributed by atoms with Crippen LogP contribution in [0.4, 0.5) is 11.4 Å². The van der Waals surface area contributed by atoms with E-state index in [-0.39, 0.29) is 11.8 Å². The van der Waals surface area contributed by atoms with E-state index in [0.717, 1.165) is 35.7 Å². The highest BCUT2D eigenvalue weighted by Crippen LogP contribution is 2.20. The second-order valence-electron chi connectivity index (χ2n) is 6.64. The highest BCUT2D eigenvalue weighted by Gasteiger charge is 2.09. The molecule has 0 saturated heterocycles. The zero-order valence-electron chi connectivity index (χ0n) is 17.5. The molecule has 0 atom stereocenters. The second-order valence-corrected chi connectivity index (χ2v) is 6.64. The fourth-order valence-corrected chi connectivity index (χ4v) is 2.82. The number of nitrogens with zero attached hydrogens (tertiary/aromatic N) is 1. The van der Waals surface area contributed by atoms with E-state index >= 15 is 0 Å². The topological polar surface area (TPSA) is 70.7 Å². The standard InChI is InChI=1S/C23H29N3O3/c1-5-26(6-2)16-23(28)25-21-12-11-19(14-17(21)3)24-22(27)13-10-18-8-7-9-20(15-18)29-4/h7-15H,5-6,16H2,1-4H3,(H,24,27)(H,25,28)/b13-10+. The number of hydrogen-bond acceptors (Lipinski definition) is 4. The Morgan fingerprint density at radius 1 is 1.07 bits per heavy atom. The monoisotopic (exact) mass is 395 g/mol. The van der Waals surface area contributed by atoms with Gasteiger partial charge in [0, 0.05) is 17.5 Å². The molecular formula is C23H29N3O3. The van der Waals surface area contributed by atoms with E-state index in [1.807, 2.05) is 56.0 Å². The van der Waals surface area contributed by atoms with Gasteiger partial charge in [0.2, 0.25) is 11.8 Å². The molecule has 0 unspecified atom stereocenters. The fourth-order valence-electron chi connectivity index (χ4n) is 2.82. The Bertz CT molecular complexity index is 873. The Morgan fingerprint density at radius 3 is 2.48 bits per heavy atom. The number of nitrogens with one attached hydrogen (secondary N) is 2. The molecule has 0 heterocycles. The molecule has 6 heteroatoms. The van der Waals surface area contributed by atoms with Gasteiger partial charge in [0.05, 0.1) is 13.7 Å². The summed E-state index contributed by atoms with van der Waals surface area (Å²) in [5, 5.41) is 5.76. The first-order valence-electron chi connectivity index (χ1n) is 9.71. The van der Waals surface area contributed by atoms with Crippen LogP contribution in [0, 0.1) is 6.92 Å². The average molecular weight is 396 g/mol. The van der Waals surface area contributed by atoms with Crippen LogP contribution in [0.2, 0.25) is 0 Å². The summed E-state index contributed by atoms with van der Waals surface area (Å²) in [4.78, 5) is 26.4. The van der Waals surface area contributed by atoms with Crippen LogP contribution in [-0.2, 0) is 9.59 Å². The van der Waals surface area contributed by atoms with Gasteiger partial charge in [0.15, 0.2) is 0 Å². The molecule has 0 aromatic heterocycles. The lowest BCUT2D eigenvalue weighted by Crippen LogP contribution is -2.33. The van der Waals surface area contributed by atoms with Crippen molar-refractivity contribution < 1.29 is 14.3 Å². The van der Waals surface area contributed by atoms with Gasteiger partial charge in [-0.05, 0) is 67.5 Å². The zero-order chi connectivity index (χ0) is 21.2. The van der Waals surface area contributed by atoms with Gasteiger partial charge < -0.3 is 15.4 Å². The zero-order valence-corrected chi connectivity index (χ0v) is 17.5. The van der Waals surface area contributed by atoms with Gasteiger partial charge in [0.1, 0.15) is 5.75 Å². The van der Waals surface area contributed by atoms with Crippen LogP contribution >= 0.6 is 0 Å². The third-order valence-corrected chi connectivity index (χ3v) is 4.55. The minimum atomic E-state index is -0.231. The summed E-state index contributed by atoms with van der Waals surface area (Å²) in [6.07, 6.45) is 3.20. The SMILES string of the molecule is CCN(CC)CC(=O)Nc1ccc(NC(=O)/C=C/c2cccc(OC)c2)cc1C. The van der Waals surface area contributed by atoms with E-state index in [0.29, 0.717) is 12.2 Å². The van der Waals surface area contributed by atoms with Crippen molar-refractivity contribution in [3.05, 3.63) is 59.7 Å². The first kappa shape index (κ1) is 22.2. The molecule has 29 heavy (non-hydrogen) atoms. The first-order valence-corrected chi connectivity index (χ1v) is 9.71. The van der Waals surface area contributed by atoms with E-state index in [1.54, 1.807) is 25.3 Å². The summed E-state index contributed by atoms with van der Waals surface area (Å²) in [6.45, 7) is 7.98. The van der Waals surface area contributed by atoms with Gasteiger partial charge in [-0.25, -0.2) is 0 Å². The summed E-state index contributed by atoms with van der Waals surface area (Å²) in [6, 6.07) is 12.9. The fraction of sp³-hybridized carbons (Fsp3) is 0.304. The molecule has 0 aliphatic rings. The largest absolute Gasteiger partial charge is 0.497 e. The van der Waals surface area contributed by atoms with Gasteiger partial charge in [-0.15, -0.1) is 0 Å². The van der Waals surface area contributed by atoms with Crippen molar-refractivity contribution in [1.29, 1.82) is 0 Å². The first-order chi connectivity index (χ1) is 13.9. The van der Waals surface area contributed by atoms with Crippen LogP contribution in [-0.4, -0.2) is 43.5 Å². The third-order valence-electron chi connectivity index (χ3n) is 4.55. The van der Waals surface area contributed by atoms with Crippen molar-refractivity contribution in [2.45, 2.75) is 20.8 Å². The van der Waals surface area contributed by atoms with E-state index in [1.165, 1.54) is 6.08 Å². The number of likely N-dealkylation sites (N-methyl/N-ethyl adjacent to an activating group) is 1. The van der Waals surface area contributed by atoms with Gasteiger partial charge >= 0.3 is 0 Å². The molecule has 154 valence electrons. The number of rotatable bonds is 9. The molecule has 0 aliphatic heterocycles. The van der Waals surface area contributed by atoms with Gasteiger partial charge in [-0.2, -0.15) is 0 Å².